The van der Waals surface area contributed by atoms with Gasteiger partial charge in [0, 0.05) is 33.9 Å². The highest BCUT2D eigenvalue weighted by Crippen LogP contribution is 2.33. The Morgan fingerprint density at radius 1 is 1.29 bits per heavy atom. The first-order valence-corrected chi connectivity index (χ1v) is 9.94. The summed E-state index contributed by atoms with van der Waals surface area (Å²) in [5.74, 6) is 0.309. The Morgan fingerprint density at radius 2 is 1.96 bits per heavy atom. The van der Waals surface area contributed by atoms with Crippen molar-refractivity contribution in [3.05, 3.63) is 47.5 Å². The molecule has 0 heterocycles. The molecule has 0 aromatic heterocycles. The normalized spacial score (nSPS) is 12.4. The van der Waals surface area contributed by atoms with Gasteiger partial charge in [0.25, 0.3) is 0 Å². The third-order valence-corrected chi connectivity index (χ3v) is 5.47. The second-order valence-corrected chi connectivity index (χ2v) is 7.38. The average molecular weight is 404 g/mol. The molecule has 8 heteroatoms. The number of hydrogen-bond donors (Lipinski definition) is 1. The van der Waals surface area contributed by atoms with Crippen LogP contribution in [0.15, 0.2) is 57.2 Å². The lowest BCUT2D eigenvalue weighted by Crippen LogP contribution is -2.33. The van der Waals surface area contributed by atoms with E-state index in [4.69, 9.17) is 17.3 Å². The third-order valence-electron chi connectivity index (χ3n) is 3.26. The summed E-state index contributed by atoms with van der Waals surface area (Å²) in [6.45, 7) is 0. The fraction of sp³-hybridized carbons (Fsp3) is 0.188. The smallest absolute Gasteiger partial charge is 0.200 e. The Labute approximate surface area is 160 Å². The van der Waals surface area contributed by atoms with Gasteiger partial charge in [0.1, 0.15) is 0 Å². The monoisotopic (exact) mass is 403 g/mol. The molecule has 0 bridgehead atoms. The Morgan fingerprint density at radius 3 is 2.58 bits per heavy atom. The van der Waals surface area contributed by atoms with Crippen LogP contribution in [0, 0.1) is 0 Å². The van der Waals surface area contributed by atoms with Crippen molar-refractivity contribution in [2.24, 2.45) is 10.7 Å². The summed E-state index contributed by atoms with van der Waals surface area (Å²) in [6.07, 6.45) is 3.60. The molecule has 0 aliphatic carbocycles. The minimum absolute atomic E-state index is 0. The summed E-state index contributed by atoms with van der Waals surface area (Å²) in [4.78, 5) is 7.82. The van der Waals surface area contributed by atoms with Gasteiger partial charge in [-0.05, 0) is 36.6 Å². The Kier molecular flexibility index (Phi) is 8.09. The van der Waals surface area contributed by atoms with Crippen molar-refractivity contribution in [3.63, 3.8) is 0 Å². The molecule has 2 rings (SSSR count). The number of nitrogens with two attached hydrogens (primary N) is 1. The highest BCUT2D eigenvalue weighted by Gasteiger charge is 2.12. The zero-order valence-corrected chi connectivity index (χ0v) is 16.7. The standard InChI is InChI=1S/C16H18ClN3OS2.ClH/c1-20(13-8-5-9-14(22-2)15(13)17)16(18)19-11-6-4-7-12(10-11)23(3)21;/h4-10H,1-3H3,(H2,18,19);1H. The van der Waals surface area contributed by atoms with Gasteiger partial charge in [-0.3, -0.25) is 4.21 Å². The maximum absolute atomic E-state index is 11.6. The van der Waals surface area contributed by atoms with E-state index in [1.165, 1.54) is 0 Å². The van der Waals surface area contributed by atoms with Crippen LogP contribution in [0.5, 0.6) is 0 Å². The molecular formula is C16H19Cl2N3OS2. The van der Waals surface area contributed by atoms with E-state index in [0.717, 1.165) is 10.6 Å². The molecule has 0 aliphatic rings. The lowest BCUT2D eigenvalue weighted by atomic mass is 10.3. The van der Waals surface area contributed by atoms with E-state index in [9.17, 15) is 4.21 Å². The van der Waals surface area contributed by atoms with Crippen molar-refractivity contribution in [2.75, 3.05) is 24.5 Å². The van der Waals surface area contributed by atoms with Gasteiger partial charge in [-0.25, -0.2) is 4.99 Å². The fourth-order valence-electron chi connectivity index (χ4n) is 1.98. The first-order valence-electron chi connectivity index (χ1n) is 6.78. The van der Waals surface area contributed by atoms with Gasteiger partial charge in [-0.1, -0.05) is 23.7 Å². The van der Waals surface area contributed by atoms with Crippen LogP contribution >= 0.6 is 35.8 Å². The van der Waals surface area contributed by atoms with Crippen molar-refractivity contribution >= 4 is 63.9 Å². The van der Waals surface area contributed by atoms with Crippen molar-refractivity contribution in [1.82, 2.24) is 0 Å². The molecule has 0 aliphatic heterocycles. The lowest BCUT2D eigenvalue weighted by Gasteiger charge is -2.20. The van der Waals surface area contributed by atoms with Crippen molar-refractivity contribution in [1.29, 1.82) is 0 Å². The molecule has 0 amide bonds. The number of rotatable bonds is 4. The third kappa shape index (κ3) is 4.89. The lowest BCUT2D eigenvalue weighted by molar-refractivity contribution is 0.687. The number of aliphatic imine (C=N–C) groups is 1. The van der Waals surface area contributed by atoms with Crippen LogP contribution in [-0.4, -0.2) is 29.7 Å². The van der Waals surface area contributed by atoms with E-state index in [1.54, 1.807) is 35.1 Å². The van der Waals surface area contributed by atoms with E-state index in [2.05, 4.69) is 4.99 Å². The number of thioether (sulfide) groups is 1. The van der Waals surface area contributed by atoms with Gasteiger partial charge >= 0.3 is 0 Å². The number of anilines is 1. The molecule has 130 valence electrons. The summed E-state index contributed by atoms with van der Waals surface area (Å²) in [5, 5.41) is 0.643. The van der Waals surface area contributed by atoms with E-state index >= 15 is 0 Å². The second-order valence-electron chi connectivity index (χ2n) is 4.77. The molecule has 2 aromatic carbocycles. The average Bonchev–Trinajstić information content (AvgIpc) is 2.54. The van der Waals surface area contributed by atoms with E-state index < -0.39 is 10.8 Å². The molecule has 24 heavy (non-hydrogen) atoms. The molecule has 2 aromatic rings. The van der Waals surface area contributed by atoms with Crippen LogP contribution < -0.4 is 10.6 Å². The summed E-state index contributed by atoms with van der Waals surface area (Å²) < 4.78 is 11.6. The van der Waals surface area contributed by atoms with Gasteiger partial charge in [0.15, 0.2) is 0 Å². The quantitative estimate of drug-likeness (QED) is 0.469. The van der Waals surface area contributed by atoms with Gasteiger partial charge in [-0.15, -0.1) is 24.2 Å². The summed E-state index contributed by atoms with van der Waals surface area (Å²) >= 11 is 7.98. The second kappa shape index (κ2) is 9.32. The largest absolute Gasteiger partial charge is 0.369 e. The number of benzene rings is 2. The van der Waals surface area contributed by atoms with Gasteiger partial charge in [0.2, 0.25) is 5.96 Å². The number of halogens is 2. The van der Waals surface area contributed by atoms with Gasteiger partial charge in [0.05, 0.1) is 16.4 Å². The summed E-state index contributed by atoms with van der Waals surface area (Å²) in [5.41, 5.74) is 7.54. The molecule has 1 unspecified atom stereocenters. The van der Waals surface area contributed by atoms with Gasteiger partial charge in [-0.2, -0.15) is 0 Å². The van der Waals surface area contributed by atoms with E-state index in [1.807, 2.05) is 43.6 Å². The van der Waals surface area contributed by atoms with Crippen LogP contribution in [0.25, 0.3) is 0 Å². The van der Waals surface area contributed by atoms with Crippen molar-refractivity contribution < 1.29 is 4.21 Å². The molecule has 0 radical (unpaired) electrons. The topological polar surface area (TPSA) is 58.7 Å². The van der Waals surface area contributed by atoms with E-state index in [-0.39, 0.29) is 12.4 Å². The maximum Gasteiger partial charge on any atom is 0.200 e. The molecule has 0 fully saturated rings. The molecule has 0 saturated carbocycles. The van der Waals surface area contributed by atoms with Crippen LogP contribution in [0.2, 0.25) is 5.02 Å². The Bertz CT molecular complexity index is 769. The number of nitrogens with zero attached hydrogens (tertiary/aromatic N) is 2. The predicted octanol–water partition coefficient (Wildman–Crippen LogP) is 4.30. The van der Waals surface area contributed by atoms with Crippen LogP contribution in [0.3, 0.4) is 0 Å². The fourth-order valence-corrected chi connectivity index (χ4v) is 3.52. The first kappa shape index (κ1) is 20.8. The number of hydrogen-bond acceptors (Lipinski definition) is 3. The Balaban J connectivity index is 0.00000288. The first-order chi connectivity index (χ1) is 10.9. The van der Waals surface area contributed by atoms with Crippen molar-refractivity contribution in [2.45, 2.75) is 9.79 Å². The molecule has 1 atom stereocenters. The Hall–Kier alpha value is -1.21. The van der Waals surface area contributed by atoms with Crippen LogP contribution in [-0.2, 0) is 10.8 Å². The van der Waals surface area contributed by atoms with Crippen LogP contribution in [0.1, 0.15) is 0 Å². The minimum Gasteiger partial charge on any atom is -0.369 e. The number of guanidine groups is 1. The zero-order valence-electron chi connectivity index (χ0n) is 13.5. The van der Waals surface area contributed by atoms with Crippen LogP contribution in [0.4, 0.5) is 11.4 Å². The van der Waals surface area contributed by atoms with Gasteiger partial charge < -0.3 is 10.6 Å². The SMILES string of the molecule is CSc1cccc(N(C)C(N)=Nc2cccc(S(C)=O)c2)c1Cl.Cl. The van der Waals surface area contributed by atoms with Crippen molar-refractivity contribution in [3.8, 4) is 0 Å². The predicted molar refractivity (Wildman–Crippen MR) is 109 cm³/mol. The molecule has 0 saturated heterocycles. The summed E-state index contributed by atoms with van der Waals surface area (Å²) in [7, 11) is 0.755. The molecule has 0 spiro atoms. The molecular weight excluding hydrogens is 385 g/mol. The highest BCUT2D eigenvalue weighted by atomic mass is 35.5. The molecule has 4 nitrogen and oxygen atoms in total. The highest BCUT2D eigenvalue weighted by molar-refractivity contribution is 7.98. The molecule has 2 N–H and O–H groups in total. The zero-order chi connectivity index (χ0) is 17.0. The summed E-state index contributed by atoms with van der Waals surface area (Å²) in [6, 6.07) is 13.0. The minimum atomic E-state index is -1.06. The van der Waals surface area contributed by atoms with E-state index in [0.29, 0.717) is 21.6 Å². The maximum atomic E-state index is 11.6.